The average Bonchev–Trinajstić information content (AvgIpc) is 2.45. The van der Waals surface area contributed by atoms with Crippen LogP contribution < -0.4 is 11.1 Å². The molecule has 128 valence electrons. The molecule has 23 heavy (non-hydrogen) atoms. The summed E-state index contributed by atoms with van der Waals surface area (Å²) in [6, 6.07) is 4.24. The fourth-order valence-corrected chi connectivity index (χ4v) is 2.72. The lowest BCUT2D eigenvalue weighted by Crippen LogP contribution is -2.47. The van der Waals surface area contributed by atoms with Gasteiger partial charge in [-0.3, -0.25) is 14.6 Å². The summed E-state index contributed by atoms with van der Waals surface area (Å²) >= 11 is 0. The van der Waals surface area contributed by atoms with E-state index in [1.165, 1.54) is 6.20 Å². The van der Waals surface area contributed by atoms with Crippen LogP contribution >= 0.6 is 0 Å². The van der Waals surface area contributed by atoms with Crippen molar-refractivity contribution in [1.82, 2.24) is 10.3 Å². The molecule has 1 aromatic heterocycles. The summed E-state index contributed by atoms with van der Waals surface area (Å²) in [6.07, 6.45) is 1.87. The van der Waals surface area contributed by atoms with Crippen LogP contribution in [0.3, 0.4) is 0 Å². The highest BCUT2D eigenvalue weighted by Gasteiger charge is 2.37. The zero-order valence-corrected chi connectivity index (χ0v) is 15.6. The van der Waals surface area contributed by atoms with Gasteiger partial charge in [0.1, 0.15) is 11.7 Å². The molecule has 0 spiro atoms. The molecule has 1 rings (SSSR count). The van der Waals surface area contributed by atoms with Crippen molar-refractivity contribution < 1.29 is 14.0 Å². The average molecular weight is 337 g/mol. The first kappa shape index (κ1) is 19.3. The quantitative estimate of drug-likeness (QED) is 0.745. The fourth-order valence-electron chi connectivity index (χ4n) is 1.66. The van der Waals surface area contributed by atoms with Crippen molar-refractivity contribution in [3.63, 3.8) is 0 Å². The molecular formula is C16H27N3O3Si. The third kappa shape index (κ3) is 5.76. The van der Waals surface area contributed by atoms with Gasteiger partial charge in [-0.2, -0.15) is 0 Å². The van der Waals surface area contributed by atoms with E-state index in [1.54, 1.807) is 18.2 Å². The van der Waals surface area contributed by atoms with E-state index in [2.05, 4.69) is 44.2 Å². The topological polar surface area (TPSA) is 94.3 Å². The van der Waals surface area contributed by atoms with Crippen LogP contribution in [0.25, 0.3) is 0 Å². The molecule has 0 aliphatic carbocycles. The highest BCUT2D eigenvalue weighted by molar-refractivity contribution is 6.74. The Hall–Kier alpha value is -1.73. The van der Waals surface area contributed by atoms with Crippen molar-refractivity contribution in [3.8, 4) is 0 Å². The van der Waals surface area contributed by atoms with Gasteiger partial charge in [0.05, 0.1) is 0 Å². The summed E-state index contributed by atoms with van der Waals surface area (Å²) in [5.74, 6) is -0.991. The van der Waals surface area contributed by atoms with Crippen LogP contribution in [0.5, 0.6) is 0 Å². The summed E-state index contributed by atoms with van der Waals surface area (Å²) < 4.78 is 6.03. The number of hydrogen-bond donors (Lipinski definition) is 2. The predicted molar refractivity (Wildman–Crippen MR) is 92.5 cm³/mol. The molecule has 1 atom stereocenters. The molecule has 0 aliphatic heterocycles. The molecule has 1 heterocycles. The van der Waals surface area contributed by atoms with E-state index >= 15 is 0 Å². The smallest absolute Gasteiger partial charge is 0.270 e. The fraction of sp³-hybridized carbons (Fsp3) is 0.562. The van der Waals surface area contributed by atoms with Crippen molar-refractivity contribution >= 4 is 20.1 Å². The highest BCUT2D eigenvalue weighted by atomic mass is 28.4. The normalized spacial score (nSPS) is 13.4. The lowest BCUT2D eigenvalue weighted by Gasteiger charge is -2.36. The molecule has 1 aromatic rings. The number of hydrogen-bond acceptors (Lipinski definition) is 4. The van der Waals surface area contributed by atoms with Crippen molar-refractivity contribution in [3.05, 3.63) is 30.1 Å². The van der Waals surface area contributed by atoms with E-state index in [-0.39, 0.29) is 10.7 Å². The van der Waals surface area contributed by atoms with Crippen LogP contribution in [0.4, 0.5) is 0 Å². The maximum absolute atomic E-state index is 12.1. The molecule has 2 amide bonds. The third-order valence-electron chi connectivity index (χ3n) is 4.22. The Morgan fingerprint density at radius 1 is 1.35 bits per heavy atom. The monoisotopic (exact) mass is 337 g/mol. The van der Waals surface area contributed by atoms with E-state index in [9.17, 15) is 9.59 Å². The van der Waals surface area contributed by atoms with Gasteiger partial charge >= 0.3 is 0 Å². The summed E-state index contributed by atoms with van der Waals surface area (Å²) in [4.78, 5) is 27.6. The van der Waals surface area contributed by atoms with Gasteiger partial charge < -0.3 is 15.5 Å². The molecule has 0 fully saturated rings. The Morgan fingerprint density at radius 2 is 2.00 bits per heavy atom. The minimum Gasteiger partial charge on any atom is -0.417 e. The Labute approximate surface area is 138 Å². The molecule has 0 saturated carbocycles. The Bertz CT molecular complexity index is 541. The summed E-state index contributed by atoms with van der Waals surface area (Å²) in [5, 5.41) is 2.71. The number of nitrogens with zero attached hydrogens (tertiary/aromatic N) is 1. The molecule has 0 bridgehead atoms. The van der Waals surface area contributed by atoms with Gasteiger partial charge in [0.15, 0.2) is 8.32 Å². The second-order valence-electron chi connectivity index (χ2n) is 7.04. The van der Waals surface area contributed by atoms with Gasteiger partial charge in [0.2, 0.25) is 5.91 Å². The van der Waals surface area contributed by atoms with Gasteiger partial charge in [-0.15, -0.1) is 0 Å². The number of rotatable bonds is 7. The van der Waals surface area contributed by atoms with E-state index in [0.29, 0.717) is 13.0 Å². The standard InChI is InChI=1S/C16H27N3O3Si/c1-16(2,3)23(4,5)22-11-9-12(14(17)20)19-15(21)13-8-6-7-10-18-13/h6-8,10,12H,9,11H2,1-5H3,(H2,17,20)(H,19,21)/t12-/m0/s1. The number of carbonyl (C=O) groups excluding carboxylic acids is 2. The largest absolute Gasteiger partial charge is 0.417 e. The first-order chi connectivity index (χ1) is 10.5. The number of nitrogens with one attached hydrogen (secondary N) is 1. The van der Waals surface area contributed by atoms with Gasteiger partial charge in [0, 0.05) is 12.8 Å². The van der Waals surface area contributed by atoms with Gasteiger partial charge in [-0.25, -0.2) is 0 Å². The lowest BCUT2D eigenvalue weighted by atomic mass is 10.2. The molecule has 0 aromatic carbocycles. The highest BCUT2D eigenvalue weighted by Crippen LogP contribution is 2.36. The van der Waals surface area contributed by atoms with Crippen LogP contribution in [0, 0.1) is 0 Å². The molecule has 0 saturated heterocycles. The second-order valence-corrected chi connectivity index (χ2v) is 11.9. The van der Waals surface area contributed by atoms with Crippen molar-refractivity contribution in [2.24, 2.45) is 5.73 Å². The zero-order chi connectivity index (χ0) is 17.7. The number of carbonyl (C=O) groups is 2. The number of amides is 2. The SMILES string of the molecule is CC(C)(C)[Si](C)(C)OCC[C@H](NC(=O)c1ccccn1)C(N)=O. The van der Waals surface area contributed by atoms with Gasteiger partial charge in [-0.1, -0.05) is 26.8 Å². The van der Waals surface area contributed by atoms with E-state index in [4.69, 9.17) is 10.2 Å². The molecule has 3 N–H and O–H groups in total. The molecule has 7 heteroatoms. The van der Waals surface area contributed by atoms with E-state index in [1.807, 2.05) is 0 Å². The lowest BCUT2D eigenvalue weighted by molar-refractivity contribution is -0.120. The molecule has 6 nitrogen and oxygen atoms in total. The van der Waals surface area contributed by atoms with Crippen LogP contribution in [-0.4, -0.2) is 37.8 Å². The second kappa shape index (κ2) is 7.70. The van der Waals surface area contributed by atoms with Gasteiger partial charge in [-0.05, 0) is 36.7 Å². The van der Waals surface area contributed by atoms with Crippen molar-refractivity contribution in [1.29, 1.82) is 0 Å². The molecule has 0 unspecified atom stereocenters. The van der Waals surface area contributed by atoms with Crippen LogP contribution in [-0.2, 0) is 9.22 Å². The van der Waals surface area contributed by atoms with Crippen LogP contribution in [0.2, 0.25) is 18.1 Å². The maximum atomic E-state index is 12.1. The number of pyridine rings is 1. The van der Waals surface area contributed by atoms with Gasteiger partial charge in [0.25, 0.3) is 5.91 Å². The van der Waals surface area contributed by atoms with Crippen LogP contribution in [0.1, 0.15) is 37.7 Å². The third-order valence-corrected chi connectivity index (χ3v) is 8.76. The molecular weight excluding hydrogens is 310 g/mol. The number of aromatic nitrogens is 1. The summed E-state index contributed by atoms with van der Waals surface area (Å²) in [5.41, 5.74) is 5.63. The first-order valence-electron chi connectivity index (χ1n) is 7.70. The minimum absolute atomic E-state index is 0.0897. The van der Waals surface area contributed by atoms with Crippen molar-refractivity contribution in [2.45, 2.75) is 51.4 Å². The first-order valence-corrected chi connectivity index (χ1v) is 10.6. The van der Waals surface area contributed by atoms with E-state index in [0.717, 1.165) is 0 Å². The minimum atomic E-state index is -1.89. The summed E-state index contributed by atoms with van der Waals surface area (Å²) in [6.45, 7) is 11.1. The number of nitrogens with two attached hydrogens (primary N) is 1. The Kier molecular flexibility index (Phi) is 6.46. The van der Waals surface area contributed by atoms with E-state index < -0.39 is 26.2 Å². The molecule has 0 radical (unpaired) electrons. The predicted octanol–water partition coefficient (Wildman–Crippen LogP) is 2.08. The zero-order valence-electron chi connectivity index (χ0n) is 14.6. The van der Waals surface area contributed by atoms with Crippen LogP contribution in [0.15, 0.2) is 24.4 Å². The number of primary amides is 1. The Morgan fingerprint density at radius 3 is 2.48 bits per heavy atom. The summed E-state index contributed by atoms with van der Waals surface area (Å²) in [7, 11) is -1.89. The maximum Gasteiger partial charge on any atom is 0.270 e. The van der Waals surface area contributed by atoms with Crippen molar-refractivity contribution in [2.75, 3.05) is 6.61 Å². The molecule has 0 aliphatic rings. The Balaban J connectivity index is 2.60.